The molecule has 0 unspecified atom stereocenters. The minimum atomic E-state index is -1.35. The molecule has 7 nitrogen and oxygen atoms in total. The Balaban J connectivity index is 1.53. The lowest BCUT2D eigenvalue weighted by molar-refractivity contribution is -0.161. The summed E-state index contributed by atoms with van der Waals surface area (Å²) in [5, 5.41) is 9.76. The van der Waals surface area contributed by atoms with Gasteiger partial charge in [0.05, 0.1) is 37.2 Å². The molecule has 3 aliphatic heterocycles. The van der Waals surface area contributed by atoms with E-state index in [2.05, 4.69) is 5.32 Å². The van der Waals surface area contributed by atoms with E-state index in [0.29, 0.717) is 23.7 Å². The highest BCUT2D eigenvalue weighted by atomic mass is 16.5. The number of rotatable bonds is 3. The van der Waals surface area contributed by atoms with Crippen molar-refractivity contribution in [3.63, 3.8) is 0 Å². The van der Waals surface area contributed by atoms with Crippen molar-refractivity contribution in [3.8, 4) is 17.2 Å². The Morgan fingerprint density at radius 3 is 2.66 bits per heavy atom. The summed E-state index contributed by atoms with van der Waals surface area (Å²) >= 11 is 0. The molecule has 1 spiro atoms. The van der Waals surface area contributed by atoms with E-state index < -0.39 is 5.72 Å². The Bertz CT molecular complexity index is 1290. The highest BCUT2D eigenvalue weighted by Gasteiger charge is 2.60. The Labute approximate surface area is 185 Å². The Kier molecular flexibility index (Phi) is 3.95. The minimum Gasteiger partial charge on any atom is -0.493 e. The number of nitrogens with zero attached hydrogens (tertiary/aromatic N) is 2. The van der Waals surface area contributed by atoms with Gasteiger partial charge in [0, 0.05) is 17.5 Å². The predicted molar refractivity (Wildman–Crippen MR) is 119 cm³/mol. The van der Waals surface area contributed by atoms with Gasteiger partial charge >= 0.3 is 5.72 Å². The van der Waals surface area contributed by atoms with Crippen LogP contribution in [0.15, 0.2) is 71.8 Å². The molecule has 32 heavy (non-hydrogen) atoms. The number of para-hydroxylation sites is 2. The topological polar surface area (TPSA) is 72.4 Å². The summed E-state index contributed by atoms with van der Waals surface area (Å²) < 4.78 is 17.3. The number of methoxy groups -OCH3 is 2. The largest absolute Gasteiger partial charge is 0.493 e. The van der Waals surface area contributed by atoms with Gasteiger partial charge in [-0.05, 0) is 30.3 Å². The minimum absolute atomic E-state index is 0.139. The third-order valence-electron chi connectivity index (χ3n) is 6.33. The van der Waals surface area contributed by atoms with Crippen molar-refractivity contribution in [2.24, 2.45) is 5.10 Å². The molecule has 3 heterocycles. The quantitative estimate of drug-likeness (QED) is 0.683. The van der Waals surface area contributed by atoms with Crippen molar-refractivity contribution in [3.05, 3.63) is 83.4 Å². The van der Waals surface area contributed by atoms with Crippen LogP contribution >= 0.6 is 0 Å². The fraction of sp³-hybridized carbons (Fsp3) is 0.200. The fourth-order valence-corrected chi connectivity index (χ4v) is 4.83. The zero-order chi connectivity index (χ0) is 21.9. The summed E-state index contributed by atoms with van der Waals surface area (Å²) in [5.41, 5.74) is 2.93. The zero-order valence-corrected chi connectivity index (χ0v) is 17.7. The van der Waals surface area contributed by atoms with Crippen molar-refractivity contribution in [2.45, 2.75) is 18.2 Å². The maximum absolute atomic E-state index is 13.4. The maximum Gasteiger partial charge on any atom is 0.306 e. The molecule has 6 rings (SSSR count). The van der Waals surface area contributed by atoms with Crippen molar-refractivity contribution >= 4 is 17.3 Å². The number of ether oxygens (including phenoxy) is 3. The van der Waals surface area contributed by atoms with Gasteiger partial charge in [-0.2, -0.15) is 5.10 Å². The predicted octanol–water partition coefficient (Wildman–Crippen LogP) is 4.05. The first-order valence-corrected chi connectivity index (χ1v) is 10.4. The van der Waals surface area contributed by atoms with Gasteiger partial charge in [0.15, 0.2) is 11.5 Å². The molecule has 3 aromatic rings. The number of hydrogen-bond acceptors (Lipinski definition) is 6. The van der Waals surface area contributed by atoms with Crippen LogP contribution in [0.5, 0.6) is 17.2 Å². The number of carbonyl (C=O) groups excluding carboxylic acids is 1. The van der Waals surface area contributed by atoms with Crippen molar-refractivity contribution in [2.75, 3.05) is 19.5 Å². The molecule has 0 bridgehead atoms. The molecule has 0 aliphatic carbocycles. The highest BCUT2D eigenvalue weighted by Crippen LogP contribution is 2.54. The second-order valence-corrected chi connectivity index (χ2v) is 7.96. The first-order chi connectivity index (χ1) is 15.7. The van der Waals surface area contributed by atoms with E-state index >= 15 is 0 Å². The van der Waals surface area contributed by atoms with Gasteiger partial charge in [0.1, 0.15) is 5.75 Å². The van der Waals surface area contributed by atoms with Crippen LogP contribution in [0.3, 0.4) is 0 Å². The van der Waals surface area contributed by atoms with E-state index in [1.807, 2.05) is 71.7 Å². The Morgan fingerprint density at radius 2 is 1.81 bits per heavy atom. The molecule has 0 radical (unpaired) electrons. The molecule has 1 amide bonds. The van der Waals surface area contributed by atoms with Crippen LogP contribution in [0.4, 0.5) is 5.69 Å². The number of carbonyl (C=O) groups is 1. The van der Waals surface area contributed by atoms with Gasteiger partial charge in [-0.25, -0.2) is 5.01 Å². The monoisotopic (exact) mass is 427 g/mol. The summed E-state index contributed by atoms with van der Waals surface area (Å²) in [6.07, 6.45) is 0.632. The van der Waals surface area contributed by atoms with E-state index in [9.17, 15) is 4.79 Å². The molecule has 0 aromatic heterocycles. The summed E-state index contributed by atoms with van der Waals surface area (Å²) in [6, 6.07) is 21.1. The van der Waals surface area contributed by atoms with Gasteiger partial charge in [-0.3, -0.25) is 4.79 Å². The number of amides is 1. The lowest BCUT2D eigenvalue weighted by atomic mass is 9.92. The smallest absolute Gasteiger partial charge is 0.306 e. The number of nitrogens with one attached hydrogen (secondary N) is 1. The van der Waals surface area contributed by atoms with E-state index in [1.54, 1.807) is 14.2 Å². The number of anilines is 1. The van der Waals surface area contributed by atoms with E-state index in [0.717, 1.165) is 28.1 Å². The Hall–Kier alpha value is -4.00. The second-order valence-electron chi connectivity index (χ2n) is 7.96. The van der Waals surface area contributed by atoms with Gasteiger partial charge < -0.3 is 19.5 Å². The lowest BCUT2D eigenvalue weighted by Gasteiger charge is -2.43. The molecular formula is C25H21N3O4. The molecular weight excluding hydrogens is 406 g/mol. The van der Waals surface area contributed by atoms with Gasteiger partial charge in [0.25, 0.3) is 5.91 Å². The Morgan fingerprint density at radius 1 is 1.03 bits per heavy atom. The lowest BCUT2D eigenvalue weighted by Crippen LogP contribution is -2.55. The second kappa shape index (κ2) is 6.75. The first-order valence-electron chi connectivity index (χ1n) is 10.4. The molecule has 2 atom stereocenters. The average Bonchev–Trinajstić information content (AvgIpc) is 3.40. The summed E-state index contributed by atoms with van der Waals surface area (Å²) in [6.45, 7) is 0. The average molecular weight is 427 g/mol. The van der Waals surface area contributed by atoms with Gasteiger partial charge in [-0.1, -0.05) is 36.4 Å². The summed E-state index contributed by atoms with van der Waals surface area (Å²) in [7, 11) is 3.22. The van der Waals surface area contributed by atoms with Crippen LogP contribution in [0, 0.1) is 0 Å². The SMILES string of the molecule is COc1ccc(C2=NN3[C@H](C2)c2ccccc2O[C@]32C(=O)Nc3ccccc32)cc1OC. The van der Waals surface area contributed by atoms with Crippen molar-refractivity contribution < 1.29 is 19.0 Å². The zero-order valence-electron chi connectivity index (χ0n) is 17.7. The molecule has 7 heteroatoms. The highest BCUT2D eigenvalue weighted by molar-refractivity contribution is 6.07. The molecule has 0 saturated heterocycles. The molecule has 1 N–H and O–H groups in total. The van der Waals surface area contributed by atoms with Crippen LogP contribution in [0.25, 0.3) is 0 Å². The maximum atomic E-state index is 13.4. The number of hydrogen-bond donors (Lipinski definition) is 1. The molecule has 0 fully saturated rings. The van der Waals surface area contributed by atoms with Crippen LogP contribution in [-0.2, 0) is 10.5 Å². The van der Waals surface area contributed by atoms with Crippen molar-refractivity contribution in [1.29, 1.82) is 0 Å². The van der Waals surface area contributed by atoms with Crippen LogP contribution in [0.2, 0.25) is 0 Å². The summed E-state index contributed by atoms with van der Waals surface area (Å²) in [4.78, 5) is 13.4. The number of benzene rings is 3. The third kappa shape index (κ3) is 2.42. The first kappa shape index (κ1) is 18.7. The van der Waals surface area contributed by atoms with Crippen LogP contribution in [-0.4, -0.2) is 30.8 Å². The van der Waals surface area contributed by atoms with E-state index in [4.69, 9.17) is 19.3 Å². The molecule has 160 valence electrons. The summed E-state index contributed by atoms with van der Waals surface area (Å²) in [5.74, 6) is 1.74. The van der Waals surface area contributed by atoms with Gasteiger partial charge in [0.2, 0.25) is 0 Å². The van der Waals surface area contributed by atoms with Crippen LogP contribution < -0.4 is 19.5 Å². The fourth-order valence-electron chi connectivity index (χ4n) is 4.83. The van der Waals surface area contributed by atoms with Crippen molar-refractivity contribution in [1.82, 2.24) is 5.01 Å². The van der Waals surface area contributed by atoms with Gasteiger partial charge in [-0.15, -0.1) is 0 Å². The van der Waals surface area contributed by atoms with E-state index in [1.165, 1.54) is 0 Å². The normalized spacial score (nSPS) is 22.4. The molecule has 0 saturated carbocycles. The molecule has 3 aromatic carbocycles. The number of fused-ring (bicyclic) bond motifs is 6. The standard InChI is InChI=1S/C25H21N3O4/c1-30-22-12-11-15(13-23(22)31-2)19-14-20-16-7-3-6-10-21(16)32-25(28(20)27-19)17-8-4-5-9-18(17)26-24(25)29/h3-13,20H,14H2,1-2H3,(H,26,29)/t20-,25-/m1/s1. The number of hydrazone groups is 1. The van der Waals surface area contributed by atoms with Crippen LogP contribution in [0.1, 0.15) is 29.2 Å². The third-order valence-corrected chi connectivity index (χ3v) is 6.33. The molecule has 3 aliphatic rings. The van der Waals surface area contributed by atoms with E-state index in [-0.39, 0.29) is 11.9 Å².